The van der Waals surface area contributed by atoms with Crippen LogP contribution in [0.15, 0.2) is 156 Å². The van der Waals surface area contributed by atoms with Gasteiger partial charge in [-0.15, -0.1) is 0 Å². The molecule has 2 heterocycles. The number of aromatic nitrogens is 2. The number of hydrogen-bond donors (Lipinski definition) is 0. The summed E-state index contributed by atoms with van der Waals surface area (Å²) in [5.74, 6) is 0.447. The maximum absolute atomic E-state index is 10.3. The maximum Gasteiger partial charge on any atom is 0.168 e. The van der Waals surface area contributed by atoms with Crippen molar-refractivity contribution in [1.29, 1.82) is 0 Å². The summed E-state index contributed by atoms with van der Waals surface area (Å²) in [6, 6.07) is 50.0. The van der Waals surface area contributed by atoms with Crippen LogP contribution in [0.5, 0.6) is 0 Å². The summed E-state index contributed by atoms with van der Waals surface area (Å²) in [7, 11) is 1.37. The predicted molar refractivity (Wildman–Crippen MR) is 194 cm³/mol. The molecule has 0 unspecified atom stereocenters. The van der Waals surface area contributed by atoms with E-state index in [-0.39, 0.29) is 22.5 Å². The third-order valence-electron chi connectivity index (χ3n) is 7.61. The quantitative estimate of drug-likeness (QED) is 0.0697. The number of methoxy groups -OCH3 is 1. The molecule has 0 N–H and O–H groups in total. The molecule has 0 fully saturated rings. The first-order chi connectivity index (χ1) is 22.9. The molecule has 0 atom stereocenters. The average molecular weight is 678 g/mol. The zero-order valence-electron chi connectivity index (χ0n) is 27.8. The first kappa shape index (κ1) is 35.5. The number of rotatable bonds is 8. The third-order valence-corrected chi connectivity index (χ3v) is 7.61. The Hall–Kier alpha value is -5.39. The van der Waals surface area contributed by atoms with Crippen LogP contribution < -0.4 is 0 Å². The average Bonchev–Trinajstić information content (AvgIpc) is 3.74. The van der Waals surface area contributed by atoms with E-state index in [2.05, 4.69) is 126 Å². The smallest absolute Gasteiger partial charge is 0.168 e. The maximum atomic E-state index is 10.3. The first-order valence-electron chi connectivity index (χ1n) is 15.5. The molecule has 0 aliphatic rings. The van der Waals surface area contributed by atoms with Crippen molar-refractivity contribution in [2.24, 2.45) is 10.2 Å². The molecule has 6 aromatic rings. The van der Waals surface area contributed by atoms with Crippen molar-refractivity contribution < 1.29 is 26.0 Å². The monoisotopic (exact) mass is 677 g/mol. The van der Waals surface area contributed by atoms with Crippen molar-refractivity contribution in [3.05, 3.63) is 152 Å². The van der Waals surface area contributed by atoms with Gasteiger partial charge in [-0.2, -0.15) is 24.1 Å². The van der Waals surface area contributed by atoms with Gasteiger partial charge in [-0.3, -0.25) is 10.7 Å². The van der Waals surface area contributed by atoms with Crippen molar-refractivity contribution in [2.45, 2.75) is 27.7 Å². The van der Waals surface area contributed by atoms with Gasteiger partial charge in [0.05, 0.1) is 41.3 Å². The molecule has 0 aliphatic heterocycles. The Kier molecular flexibility index (Phi) is 12.5. The fourth-order valence-electron chi connectivity index (χ4n) is 5.03. The second-order valence-electron chi connectivity index (χ2n) is 11.2. The summed E-state index contributed by atoms with van der Waals surface area (Å²) < 4.78 is 8.40. The topological polar surface area (TPSA) is 60.9 Å². The summed E-state index contributed by atoms with van der Waals surface area (Å²) in [4.78, 5) is 10.3. The van der Waals surface area contributed by atoms with Gasteiger partial charge >= 0.3 is 0 Å². The minimum absolute atomic E-state index is 0. The third kappa shape index (κ3) is 8.50. The van der Waals surface area contributed by atoms with E-state index in [0.717, 1.165) is 56.5 Å². The summed E-state index contributed by atoms with van der Waals surface area (Å²) >= 11 is 0. The molecule has 0 spiro atoms. The number of carbonyl (C=O) groups is 1. The van der Waals surface area contributed by atoms with E-state index in [4.69, 9.17) is 10.2 Å². The fourth-order valence-corrected chi connectivity index (χ4v) is 5.03. The number of carbonyl (C=O) groups excluding carboxylic acids is 1. The Bertz CT molecular complexity index is 1710. The molecule has 246 valence electrons. The normalized spacial score (nSPS) is 11.2. The van der Waals surface area contributed by atoms with Crippen LogP contribution in [0.2, 0.25) is 0 Å². The summed E-state index contributed by atoms with van der Waals surface area (Å²) in [5.41, 5.74) is 10.2. The molecule has 0 amide bonds. The second-order valence-corrected chi connectivity index (χ2v) is 11.2. The molecule has 48 heavy (non-hydrogen) atoms. The fraction of sp³-hybridized carbons (Fsp3) is 0.122. The molecular weight excluding hydrogens is 639 g/mol. The van der Waals surface area contributed by atoms with Crippen LogP contribution in [0, 0.1) is 5.92 Å². The Balaban J connectivity index is 0.000000589. The van der Waals surface area contributed by atoms with E-state index in [1.165, 1.54) is 7.11 Å². The molecule has 2 aromatic heterocycles. The number of esters is 1. The van der Waals surface area contributed by atoms with Crippen LogP contribution in [0.25, 0.3) is 45.0 Å². The van der Waals surface area contributed by atoms with Gasteiger partial charge in [0.1, 0.15) is 0 Å². The van der Waals surface area contributed by atoms with Gasteiger partial charge in [0.15, 0.2) is 5.97 Å². The van der Waals surface area contributed by atoms with E-state index < -0.39 is 0 Å². The second kappa shape index (κ2) is 17.0. The summed E-state index contributed by atoms with van der Waals surface area (Å²) in [5, 5.41) is 10.3. The molecule has 0 saturated carbocycles. The van der Waals surface area contributed by atoms with E-state index in [1.807, 2.05) is 47.5 Å². The van der Waals surface area contributed by atoms with Crippen molar-refractivity contribution >= 4 is 17.4 Å². The summed E-state index contributed by atoms with van der Waals surface area (Å²) in [6.45, 7) is 7.48. The number of ether oxygens (including phenoxy) is 1. The van der Waals surface area contributed by atoms with E-state index in [0.29, 0.717) is 5.92 Å². The molecule has 0 saturated heterocycles. The molecular formula is C41H39N4NiO2-. The Morgan fingerprint density at radius 3 is 0.938 bits per heavy atom. The zero-order chi connectivity index (χ0) is 33.2. The van der Waals surface area contributed by atoms with Crippen LogP contribution >= 0.6 is 0 Å². The van der Waals surface area contributed by atoms with Crippen LogP contribution in [-0.2, 0) is 26.0 Å². The van der Waals surface area contributed by atoms with Gasteiger partial charge in [0.2, 0.25) is 0 Å². The summed E-state index contributed by atoms with van der Waals surface area (Å²) in [6.07, 6.45) is 0. The Morgan fingerprint density at radius 2 is 0.750 bits per heavy atom. The molecule has 0 radical (unpaired) electrons. The molecule has 4 aromatic carbocycles. The van der Waals surface area contributed by atoms with Crippen molar-refractivity contribution in [2.75, 3.05) is 7.11 Å². The minimum atomic E-state index is -0.236. The van der Waals surface area contributed by atoms with Crippen LogP contribution in [-0.4, -0.2) is 33.9 Å². The van der Waals surface area contributed by atoms with E-state index in [9.17, 15) is 4.79 Å². The van der Waals surface area contributed by atoms with Gasteiger partial charge in [-0.1, -0.05) is 121 Å². The molecule has 6 nitrogen and oxygen atoms in total. The Labute approximate surface area is 293 Å². The largest absolute Gasteiger partial charge is 0.491 e. The van der Waals surface area contributed by atoms with Gasteiger partial charge in [0, 0.05) is 38.7 Å². The predicted octanol–water partition coefficient (Wildman–Crippen LogP) is 9.88. The van der Waals surface area contributed by atoms with Gasteiger partial charge in [-0.25, -0.2) is 9.35 Å². The standard InChI is InChI=1S/C36H30N4.C5H9O2.Ni/c1-27(37-39-33(29-15-7-3-8-16-29)23-24-34(39)30-17-9-4-10-18-30)28(2)38-40-35(31-19-11-5-12-20-31)25-26-36(40)32-21-13-6-14-22-32;1-4(2)5(6)7-3;/h3-26H,1-2H3;1-3H3;/q;-1;/b37-27+,38-28+;;. The SMILES string of the molecule is CC(=N\n1c(-c2ccccc2)ccc1-c1ccccc1)/C(C)=N/n1c(-c2ccccc2)ccc1-c1ccccc1.COC(=O)[C-](C)C.[Ni]. The zero-order valence-corrected chi connectivity index (χ0v) is 28.8. The van der Waals surface area contributed by atoms with Gasteiger partial charge < -0.3 is 4.74 Å². The molecule has 0 aliphatic carbocycles. The molecule has 6 rings (SSSR count). The van der Waals surface area contributed by atoms with Crippen molar-refractivity contribution in [1.82, 2.24) is 9.35 Å². The van der Waals surface area contributed by atoms with Crippen LogP contribution in [0.1, 0.15) is 27.7 Å². The van der Waals surface area contributed by atoms with E-state index in [1.54, 1.807) is 13.8 Å². The number of benzene rings is 4. The Morgan fingerprint density at radius 1 is 0.500 bits per heavy atom. The van der Waals surface area contributed by atoms with Crippen LogP contribution in [0.4, 0.5) is 0 Å². The number of nitrogens with zero attached hydrogens (tertiary/aromatic N) is 4. The number of hydrogen-bond acceptors (Lipinski definition) is 4. The molecule has 7 heteroatoms. The van der Waals surface area contributed by atoms with Crippen molar-refractivity contribution in [3.8, 4) is 45.0 Å². The van der Waals surface area contributed by atoms with E-state index >= 15 is 0 Å². The van der Waals surface area contributed by atoms with Gasteiger partial charge in [0.25, 0.3) is 0 Å². The minimum Gasteiger partial charge on any atom is -0.491 e. The molecule has 0 bridgehead atoms. The van der Waals surface area contributed by atoms with Crippen LogP contribution in [0.3, 0.4) is 0 Å². The first-order valence-corrected chi connectivity index (χ1v) is 15.5. The van der Waals surface area contributed by atoms with Gasteiger partial charge in [-0.05, 0) is 38.1 Å². The van der Waals surface area contributed by atoms with Crippen molar-refractivity contribution in [3.63, 3.8) is 0 Å².